The number of methoxy groups -OCH3 is 1. The molecule has 18 heavy (non-hydrogen) atoms. The summed E-state index contributed by atoms with van der Waals surface area (Å²) in [4.78, 5) is 2.53. The van der Waals surface area contributed by atoms with Gasteiger partial charge < -0.3 is 10.1 Å². The Kier molecular flexibility index (Phi) is 10.7. The van der Waals surface area contributed by atoms with Crippen molar-refractivity contribution in [3.8, 4) is 0 Å². The van der Waals surface area contributed by atoms with Crippen LogP contribution in [0.15, 0.2) is 0 Å². The van der Waals surface area contributed by atoms with E-state index in [-0.39, 0.29) is 0 Å². The van der Waals surface area contributed by atoms with E-state index in [2.05, 4.69) is 44.8 Å². The number of hydrogen-bond acceptors (Lipinski definition) is 3. The van der Waals surface area contributed by atoms with Crippen LogP contribution < -0.4 is 5.32 Å². The molecule has 0 bridgehead atoms. The summed E-state index contributed by atoms with van der Waals surface area (Å²) in [6.45, 7) is 16.6. The highest BCUT2D eigenvalue weighted by molar-refractivity contribution is 4.75. The Morgan fingerprint density at radius 2 is 1.78 bits per heavy atom. The molecule has 0 aromatic carbocycles. The van der Waals surface area contributed by atoms with Crippen LogP contribution in [0.1, 0.15) is 41.0 Å². The summed E-state index contributed by atoms with van der Waals surface area (Å²) >= 11 is 0. The normalized spacial score (nSPS) is 13.8. The minimum Gasteiger partial charge on any atom is -0.383 e. The third kappa shape index (κ3) is 8.90. The molecule has 1 N–H and O–H groups in total. The van der Waals surface area contributed by atoms with E-state index in [4.69, 9.17) is 4.74 Å². The fraction of sp³-hybridized carbons (Fsp3) is 1.00. The van der Waals surface area contributed by atoms with E-state index in [0.717, 1.165) is 32.8 Å². The molecule has 0 aromatic heterocycles. The zero-order valence-electron chi connectivity index (χ0n) is 13.3. The fourth-order valence-corrected chi connectivity index (χ4v) is 2.11. The molecule has 0 heterocycles. The third-order valence-corrected chi connectivity index (χ3v) is 3.15. The molecule has 3 nitrogen and oxygen atoms in total. The Hall–Kier alpha value is -0.120. The molecule has 0 rings (SSSR count). The number of ether oxygens (including phenoxy) is 1. The Bertz CT molecular complexity index is 183. The Morgan fingerprint density at radius 1 is 1.11 bits per heavy atom. The monoisotopic (exact) mass is 258 g/mol. The maximum atomic E-state index is 5.22. The molecule has 0 saturated carbocycles. The van der Waals surface area contributed by atoms with Crippen LogP contribution in [0, 0.1) is 11.8 Å². The smallest absolute Gasteiger partial charge is 0.0589 e. The molecule has 0 fully saturated rings. The van der Waals surface area contributed by atoms with E-state index in [1.807, 2.05) is 0 Å². The van der Waals surface area contributed by atoms with Crippen molar-refractivity contribution in [3.05, 3.63) is 0 Å². The van der Waals surface area contributed by atoms with Crippen LogP contribution in [-0.4, -0.2) is 50.8 Å². The van der Waals surface area contributed by atoms with Gasteiger partial charge in [-0.1, -0.05) is 34.6 Å². The SMILES string of the molecule is CCCNC(CN(CCOC)CC(C)C)C(C)C. The zero-order valence-corrected chi connectivity index (χ0v) is 13.3. The van der Waals surface area contributed by atoms with Crippen LogP contribution in [0.25, 0.3) is 0 Å². The van der Waals surface area contributed by atoms with Crippen LogP contribution in [0.4, 0.5) is 0 Å². The van der Waals surface area contributed by atoms with Gasteiger partial charge in [0.25, 0.3) is 0 Å². The van der Waals surface area contributed by atoms with Crippen molar-refractivity contribution >= 4 is 0 Å². The van der Waals surface area contributed by atoms with Gasteiger partial charge in [0.2, 0.25) is 0 Å². The second-order valence-corrected chi connectivity index (χ2v) is 5.95. The van der Waals surface area contributed by atoms with E-state index in [0.29, 0.717) is 17.9 Å². The lowest BCUT2D eigenvalue weighted by molar-refractivity contribution is 0.126. The summed E-state index contributed by atoms with van der Waals surface area (Å²) in [5, 5.41) is 3.67. The lowest BCUT2D eigenvalue weighted by atomic mass is 10.0. The number of hydrogen-bond donors (Lipinski definition) is 1. The Balaban J connectivity index is 4.28. The van der Waals surface area contributed by atoms with Gasteiger partial charge in [-0.05, 0) is 24.8 Å². The van der Waals surface area contributed by atoms with Crippen molar-refractivity contribution in [2.45, 2.75) is 47.1 Å². The van der Waals surface area contributed by atoms with Gasteiger partial charge in [0.05, 0.1) is 6.61 Å². The second-order valence-electron chi connectivity index (χ2n) is 5.95. The maximum absolute atomic E-state index is 5.22. The van der Waals surface area contributed by atoms with E-state index >= 15 is 0 Å². The standard InChI is InChI=1S/C15H34N2O/c1-7-8-16-15(14(4)5)12-17(9-10-18-6)11-13(2)3/h13-16H,7-12H2,1-6H3. The third-order valence-electron chi connectivity index (χ3n) is 3.15. The maximum Gasteiger partial charge on any atom is 0.0589 e. The molecule has 0 aromatic rings. The second kappa shape index (κ2) is 10.8. The van der Waals surface area contributed by atoms with E-state index in [1.165, 1.54) is 6.42 Å². The summed E-state index contributed by atoms with van der Waals surface area (Å²) in [6.07, 6.45) is 1.20. The Labute approximate surface area is 114 Å². The largest absolute Gasteiger partial charge is 0.383 e. The molecule has 0 aliphatic heterocycles. The van der Waals surface area contributed by atoms with Crippen LogP contribution in [0.3, 0.4) is 0 Å². The number of rotatable bonds is 11. The first kappa shape index (κ1) is 17.9. The first-order valence-corrected chi connectivity index (χ1v) is 7.45. The van der Waals surface area contributed by atoms with Gasteiger partial charge in [0.1, 0.15) is 0 Å². The fourth-order valence-electron chi connectivity index (χ4n) is 2.11. The molecular formula is C15H34N2O. The molecule has 0 aliphatic carbocycles. The molecular weight excluding hydrogens is 224 g/mol. The lowest BCUT2D eigenvalue weighted by Crippen LogP contribution is -2.46. The van der Waals surface area contributed by atoms with Crippen LogP contribution >= 0.6 is 0 Å². The summed E-state index contributed by atoms with van der Waals surface area (Å²) in [7, 11) is 1.78. The summed E-state index contributed by atoms with van der Waals surface area (Å²) in [5.41, 5.74) is 0. The predicted octanol–water partition coefficient (Wildman–Crippen LogP) is 2.62. The molecule has 0 aliphatic rings. The zero-order chi connectivity index (χ0) is 14.0. The minimum atomic E-state index is 0.584. The minimum absolute atomic E-state index is 0.584. The molecule has 1 unspecified atom stereocenters. The van der Waals surface area contributed by atoms with E-state index in [9.17, 15) is 0 Å². The highest BCUT2D eigenvalue weighted by atomic mass is 16.5. The molecule has 0 amide bonds. The quantitative estimate of drug-likeness (QED) is 0.616. The Morgan fingerprint density at radius 3 is 2.22 bits per heavy atom. The molecule has 0 radical (unpaired) electrons. The predicted molar refractivity (Wildman–Crippen MR) is 80.1 cm³/mol. The van der Waals surface area contributed by atoms with Crippen molar-refractivity contribution in [1.29, 1.82) is 0 Å². The molecule has 1 atom stereocenters. The van der Waals surface area contributed by atoms with E-state index in [1.54, 1.807) is 7.11 Å². The van der Waals surface area contributed by atoms with Crippen LogP contribution in [-0.2, 0) is 4.74 Å². The highest BCUT2D eigenvalue weighted by Gasteiger charge is 2.17. The van der Waals surface area contributed by atoms with Gasteiger partial charge in [-0.15, -0.1) is 0 Å². The highest BCUT2D eigenvalue weighted by Crippen LogP contribution is 2.07. The van der Waals surface area contributed by atoms with Gasteiger partial charge in [0.15, 0.2) is 0 Å². The van der Waals surface area contributed by atoms with Crippen molar-refractivity contribution in [2.24, 2.45) is 11.8 Å². The first-order chi connectivity index (χ1) is 8.51. The summed E-state index contributed by atoms with van der Waals surface area (Å²) < 4.78 is 5.22. The first-order valence-electron chi connectivity index (χ1n) is 7.45. The van der Waals surface area contributed by atoms with Crippen molar-refractivity contribution in [1.82, 2.24) is 10.2 Å². The average Bonchev–Trinajstić information content (AvgIpc) is 2.30. The topological polar surface area (TPSA) is 24.5 Å². The van der Waals surface area contributed by atoms with Crippen molar-refractivity contribution in [3.63, 3.8) is 0 Å². The summed E-state index contributed by atoms with van der Waals surface area (Å²) in [5.74, 6) is 1.38. The van der Waals surface area contributed by atoms with Gasteiger partial charge in [-0.3, -0.25) is 4.90 Å². The van der Waals surface area contributed by atoms with Gasteiger partial charge in [0, 0.05) is 32.8 Å². The number of nitrogens with zero attached hydrogens (tertiary/aromatic N) is 1. The molecule has 0 saturated heterocycles. The molecule has 110 valence electrons. The van der Waals surface area contributed by atoms with E-state index < -0.39 is 0 Å². The summed E-state index contributed by atoms with van der Waals surface area (Å²) in [6, 6.07) is 0.584. The van der Waals surface area contributed by atoms with Crippen LogP contribution in [0.5, 0.6) is 0 Å². The van der Waals surface area contributed by atoms with Crippen LogP contribution in [0.2, 0.25) is 0 Å². The van der Waals surface area contributed by atoms with Crippen molar-refractivity contribution in [2.75, 3.05) is 39.9 Å². The number of nitrogens with one attached hydrogen (secondary N) is 1. The average molecular weight is 258 g/mol. The van der Waals surface area contributed by atoms with Crippen molar-refractivity contribution < 1.29 is 4.74 Å². The molecule has 3 heteroatoms. The lowest BCUT2D eigenvalue weighted by Gasteiger charge is -2.31. The van der Waals surface area contributed by atoms with Gasteiger partial charge in [-0.2, -0.15) is 0 Å². The van der Waals surface area contributed by atoms with Gasteiger partial charge in [-0.25, -0.2) is 0 Å². The van der Waals surface area contributed by atoms with Gasteiger partial charge >= 0.3 is 0 Å². The molecule has 0 spiro atoms.